The van der Waals surface area contributed by atoms with Crippen molar-refractivity contribution in [1.82, 2.24) is 4.90 Å². The van der Waals surface area contributed by atoms with Crippen LogP contribution in [0, 0.1) is 0 Å². The van der Waals surface area contributed by atoms with Crippen LogP contribution in [-0.2, 0) is 6.54 Å². The maximum Gasteiger partial charge on any atom is 0.142 e. The summed E-state index contributed by atoms with van der Waals surface area (Å²) in [4.78, 5) is 2.48. The standard InChI is InChI=1S/C15H23NO/c1-3-7-14(8-4-2)16-11-13-9-5-6-10-15(13)17-12-16/h5-6,9-10,14H,3-4,7-8,11-12H2,1-2H3. The minimum Gasteiger partial charge on any atom is -0.478 e. The molecule has 2 heteroatoms. The van der Waals surface area contributed by atoms with E-state index >= 15 is 0 Å². The average Bonchev–Trinajstić information content (AvgIpc) is 2.38. The fourth-order valence-electron chi connectivity index (χ4n) is 2.60. The predicted molar refractivity (Wildman–Crippen MR) is 71.1 cm³/mol. The highest BCUT2D eigenvalue weighted by atomic mass is 16.5. The summed E-state index contributed by atoms with van der Waals surface area (Å²) in [6.07, 6.45) is 5.06. The van der Waals surface area contributed by atoms with E-state index in [9.17, 15) is 0 Å². The van der Waals surface area contributed by atoms with Crippen molar-refractivity contribution in [2.24, 2.45) is 0 Å². The Morgan fingerprint density at radius 3 is 2.59 bits per heavy atom. The molecule has 0 amide bonds. The molecular formula is C15H23NO. The molecule has 0 unspecified atom stereocenters. The van der Waals surface area contributed by atoms with E-state index in [-0.39, 0.29) is 0 Å². The van der Waals surface area contributed by atoms with Gasteiger partial charge in [0, 0.05) is 18.2 Å². The molecule has 0 saturated heterocycles. The van der Waals surface area contributed by atoms with Gasteiger partial charge in [-0.1, -0.05) is 44.9 Å². The van der Waals surface area contributed by atoms with Gasteiger partial charge >= 0.3 is 0 Å². The monoisotopic (exact) mass is 233 g/mol. The molecule has 0 saturated carbocycles. The van der Waals surface area contributed by atoms with Gasteiger partial charge in [0.05, 0.1) is 0 Å². The van der Waals surface area contributed by atoms with Crippen molar-refractivity contribution in [3.63, 3.8) is 0 Å². The number of hydrogen-bond acceptors (Lipinski definition) is 2. The van der Waals surface area contributed by atoms with Crippen molar-refractivity contribution in [3.8, 4) is 5.75 Å². The molecule has 0 fully saturated rings. The highest BCUT2D eigenvalue weighted by molar-refractivity contribution is 5.34. The Hall–Kier alpha value is -1.02. The summed E-state index contributed by atoms with van der Waals surface area (Å²) in [5, 5.41) is 0. The van der Waals surface area contributed by atoms with Gasteiger partial charge in [0.15, 0.2) is 0 Å². The first kappa shape index (κ1) is 12.4. The zero-order chi connectivity index (χ0) is 12.1. The van der Waals surface area contributed by atoms with E-state index in [2.05, 4.69) is 36.9 Å². The predicted octanol–water partition coefficient (Wildman–Crippen LogP) is 3.81. The Bertz CT molecular complexity index is 345. The second-order valence-corrected chi connectivity index (χ2v) is 4.86. The lowest BCUT2D eigenvalue weighted by Gasteiger charge is -2.35. The number of rotatable bonds is 5. The lowest BCUT2D eigenvalue weighted by molar-refractivity contribution is 0.0478. The van der Waals surface area contributed by atoms with E-state index < -0.39 is 0 Å². The Morgan fingerprint density at radius 1 is 1.18 bits per heavy atom. The smallest absolute Gasteiger partial charge is 0.142 e. The lowest BCUT2D eigenvalue weighted by atomic mass is 10.0. The van der Waals surface area contributed by atoms with Crippen molar-refractivity contribution in [2.45, 2.75) is 52.1 Å². The number of hydrogen-bond donors (Lipinski definition) is 0. The number of nitrogens with zero attached hydrogens (tertiary/aromatic N) is 1. The second-order valence-electron chi connectivity index (χ2n) is 4.86. The normalized spacial score (nSPS) is 15.7. The molecule has 1 heterocycles. The van der Waals surface area contributed by atoms with E-state index in [0.29, 0.717) is 6.04 Å². The molecule has 0 atom stereocenters. The molecule has 0 aliphatic carbocycles. The first-order valence-corrected chi connectivity index (χ1v) is 6.80. The molecule has 0 N–H and O–H groups in total. The number of ether oxygens (including phenoxy) is 1. The highest BCUT2D eigenvalue weighted by Gasteiger charge is 2.22. The summed E-state index contributed by atoms with van der Waals surface area (Å²) in [5.41, 5.74) is 1.33. The molecule has 0 bridgehead atoms. The molecule has 17 heavy (non-hydrogen) atoms. The van der Waals surface area contributed by atoms with Crippen molar-refractivity contribution in [1.29, 1.82) is 0 Å². The van der Waals surface area contributed by atoms with Crippen LogP contribution in [0.15, 0.2) is 24.3 Å². The Labute approximate surface area is 105 Å². The van der Waals surface area contributed by atoms with Crippen LogP contribution in [0.3, 0.4) is 0 Å². The van der Waals surface area contributed by atoms with Crippen LogP contribution in [0.4, 0.5) is 0 Å². The first-order chi connectivity index (χ1) is 8.35. The van der Waals surface area contributed by atoms with Crippen LogP contribution in [-0.4, -0.2) is 17.7 Å². The minimum absolute atomic E-state index is 0.679. The van der Waals surface area contributed by atoms with Gasteiger partial charge in [-0.3, -0.25) is 4.90 Å². The molecule has 0 aromatic heterocycles. The van der Waals surface area contributed by atoms with Crippen LogP contribution in [0.2, 0.25) is 0 Å². The van der Waals surface area contributed by atoms with Crippen molar-refractivity contribution >= 4 is 0 Å². The second kappa shape index (κ2) is 6.06. The van der Waals surface area contributed by atoms with Gasteiger partial charge in [-0.15, -0.1) is 0 Å². The Morgan fingerprint density at radius 2 is 1.88 bits per heavy atom. The fraction of sp³-hybridized carbons (Fsp3) is 0.600. The van der Waals surface area contributed by atoms with Crippen LogP contribution in [0.25, 0.3) is 0 Å². The summed E-state index contributed by atoms with van der Waals surface area (Å²) in [7, 11) is 0. The summed E-state index contributed by atoms with van der Waals surface area (Å²) in [6.45, 7) is 6.32. The molecule has 0 radical (unpaired) electrons. The van der Waals surface area contributed by atoms with Crippen LogP contribution < -0.4 is 4.74 Å². The van der Waals surface area contributed by atoms with E-state index in [1.165, 1.54) is 31.2 Å². The average molecular weight is 233 g/mol. The maximum atomic E-state index is 5.84. The summed E-state index contributed by atoms with van der Waals surface area (Å²) in [5.74, 6) is 1.07. The highest BCUT2D eigenvalue weighted by Crippen LogP contribution is 2.27. The Balaban J connectivity index is 2.04. The molecule has 94 valence electrons. The van der Waals surface area contributed by atoms with Crippen LogP contribution in [0.1, 0.15) is 45.1 Å². The summed E-state index contributed by atoms with van der Waals surface area (Å²) in [6, 6.07) is 9.07. The molecule has 2 rings (SSSR count). The molecule has 1 aliphatic rings. The SMILES string of the molecule is CCCC(CCC)N1COc2ccccc2C1. The fourth-order valence-corrected chi connectivity index (χ4v) is 2.60. The number of benzene rings is 1. The van der Waals surface area contributed by atoms with E-state index in [1.807, 2.05) is 6.07 Å². The van der Waals surface area contributed by atoms with Gasteiger partial charge in [-0.25, -0.2) is 0 Å². The van der Waals surface area contributed by atoms with E-state index in [1.54, 1.807) is 0 Å². The summed E-state index contributed by atoms with van der Waals surface area (Å²) >= 11 is 0. The van der Waals surface area contributed by atoms with Gasteiger partial charge < -0.3 is 4.74 Å². The zero-order valence-corrected chi connectivity index (χ0v) is 11.0. The third kappa shape index (κ3) is 3.01. The van der Waals surface area contributed by atoms with E-state index in [0.717, 1.165) is 19.0 Å². The number of fused-ring (bicyclic) bond motifs is 1. The maximum absolute atomic E-state index is 5.84. The molecule has 1 aromatic carbocycles. The molecule has 2 nitrogen and oxygen atoms in total. The van der Waals surface area contributed by atoms with Gasteiger partial charge in [0.25, 0.3) is 0 Å². The van der Waals surface area contributed by atoms with Crippen LogP contribution in [0.5, 0.6) is 5.75 Å². The third-order valence-corrected chi connectivity index (χ3v) is 3.49. The molecule has 1 aliphatic heterocycles. The molecular weight excluding hydrogens is 210 g/mol. The zero-order valence-electron chi connectivity index (χ0n) is 11.0. The van der Waals surface area contributed by atoms with Crippen molar-refractivity contribution in [3.05, 3.63) is 29.8 Å². The van der Waals surface area contributed by atoms with Gasteiger partial charge in [-0.2, -0.15) is 0 Å². The van der Waals surface area contributed by atoms with Crippen molar-refractivity contribution in [2.75, 3.05) is 6.73 Å². The van der Waals surface area contributed by atoms with Crippen molar-refractivity contribution < 1.29 is 4.74 Å². The summed E-state index contributed by atoms with van der Waals surface area (Å²) < 4.78 is 5.84. The van der Waals surface area contributed by atoms with Gasteiger partial charge in [0.1, 0.15) is 12.5 Å². The third-order valence-electron chi connectivity index (χ3n) is 3.49. The quantitative estimate of drug-likeness (QED) is 0.767. The molecule has 0 spiro atoms. The number of para-hydroxylation sites is 1. The Kier molecular flexibility index (Phi) is 4.43. The van der Waals surface area contributed by atoms with E-state index in [4.69, 9.17) is 4.74 Å². The lowest BCUT2D eigenvalue weighted by Crippen LogP contribution is -2.40. The van der Waals surface area contributed by atoms with Gasteiger partial charge in [-0.05, 0) is 18.9 Å². The minimum atomic E-state index is 0.679. The largest absolute Gasteiger partial charge is 0.478 e. The topological polar surface area (TPSA) is 12.5 Å². The van der Waals surface area contributed by atoms with Gasteiger partial charge in [0.2, 0.25) is 0 Å². The first-order valence-electron chi connectivity index (χ1n) is 6.80. The molecule has 1 aromatic rings. The van der Waals surface area contributed by atoms with Crippen LogP contribution >= 0.6 is 0 Å².